The molecule has 0 bridgehead atoms. The minimum atomic E-state index is 0.754. The third-order valence-corrected chi connectivity index (χ3v) is 4.82. The maximum atomic E-state index is 6.01. The van der Waals surface area contributed by atoms with Crippen LogP contribution in [0.4, 0.5) is 0 Å². The molecular weight excluding hydrogens is 350 g/mol. The standard InChI is InChI=1S/C19H20ClN5O/c20-18-5-1-15(2-6-18)11-16-3-4-17(12-23-25-13-21-22-14-25)19(16)24-7-9-26-10-8-24/h1-2,5-6,11-14H,3-4,7-10H2/b16-11+,23-12-. The van der Waals surface area contributed by atoms with Crippen molar-refractivity contribution in [2.45, 2.75) is 12.8 Å². The van der Waals surface area contributed by atoms with Crippen LogP contribution in [-0.4, -0.2) is 52.3 Å². The molecule has 0 amide bonds. The van der Waals surface area contributed by atoms with Gasteiger partial charge in [-0.3, -0.25) is 0 Å². The van der Waals surface area contributed by atoms with Gasteiger partial charge >= 0.3 is 0 Å². The number of hydrogen-bond donors (Lipinski definition) is 0. The van der Waals surface area contributed by atoms with Gasteiger partial charge in [-0.15, -0.1) is 10.2 Å². The highest BCUT2D eigenvalue weighted by Gasteiger charge is 2.25. The minimum Gasteiger partial charge on any atom is -0.378 e. The highest BCUT2D eigenvalue weighted by molar-refractivity contribution is 6.30. The smallest absolute Gasteiger partial charge is 0.141 e. The average molecular weight is 370 g/mol. The van der Waals surface area contributed by atoms with Crippen molar-refractivity contribution in [3.63, 3.8) is 0 Å². The Kier molecular flexibility index (Phi) is 5.13. The van der Waals surface area contributed by atoms with Crippen LogP contribution in [0.1, 0.15) is 18.4 Å². The van der Waals surface area contributed by atoms with Crippen LogP contribution in [0, 0.1) is 0 Å². The Morgan fingerprint density at radius 3 is 2.50 bits per heavy atom. The average Bonchev–Trinajstić information content (AvgIpc) is 3.32. The highest BCUT2D eigenvalue weighted by atomic mass is 35.5. The van der Waals surface area contributed by atoms with Crippen molar-refractivity contribution in [2.24, 2.45) is 5.10 Å². The van der Waals surface area contributed by atoms with E-state index in [1.54, 1.807) is 17.3 Å². The van der Waals surface area contributed by atoms with Crippen LogP contribution in [0.15, 0.2) is 58.9 Å². The van der Waals surface area contributed by atoms with E-state index in [9.17, 15) is 0 Å². The van der Waals surface area contributed by atoms with E-state index in [1.807, 2.05) is 18.3 Å². The van der Waals surface area contributed by atoms with E-state index in [2.05, 4.69) is 38.4 Å². The molecule has 7 heteroatoms. The van der Waals surface area contributed by atoms with E-state index in [4.69, 9.17) is 16.3 Å². The van der Waals surface area contributed by atoms with Crippen molar-refractivity contribution in [1.29, 1.82) is 0 Å². The van der Waals surface area contributed by atoms with Crippen LogP contribution in [0.2, 0.25) is 5.02 Å². The molecule has 4 rings (SSSR count). The molecule has 1 aliphatic heterocycles. The second kappa shape index (κ2) is 7.85. The summed E-state index contributed by atoms with van der Waals surface area (Å²) in [7, 11) is 0. The maximum absolute atomic E-state index is 6.01. The lowest BCUT2D eigenvalue weighted by molar-refractivity contribution is 0.0548. The summed E-state index contributed by atoms with van der Waals surface area (Å²) in [6.07, 6.45) is 9.32. The van der Waals surface area contributed by atoms with E-state index in [0.29, 0.717) is 0 Å². The Balaban J connectivity index is 1.67. The van der Waals surface area contributed by atoms with Crippen molar-refractivity contribution in [1.82, 2.24) is 19.8 Å². The molecule has 0 spiro atoms. The molecule has 2 heterocycles. The summed E-state index contributed by atoms with van der Waals surface area (Å²) in [6.45, 7) is 3.32. The van der Waals surface area contributed by atoms with Gasteiger partial charge in [-0.2, -0.15) is 5.10 Å². The molecule has 1 saturated heterocycles. The number of nitrogens with zero attached hydrogens (tertiary/aromatic N) is 5. The van der Waals surface area contributed by atoms with Gasteiger partial charge in [-0.1, -0.05) is 23.7 Å². The van der Waals surface area contributed by atoms with Crippen LogP contribution in [0.25, 0.3) is 6.08 Å². The molecule has 6 nitrogen and oxygen atoms in total. The fourth-order valence-corrected chi connectivity index (χ4v) is 3.45. The zero-order chi connectivity index (χ0) is 17.8. The molecule has 2 aliphatic rings. The second-order valence-corrected chi connectivity index (χ2v) is 6.72. The third kappa shape index (κ3) is 3.86. The Morgan fingerprint density at radius 1 is 1.04 bits per heavy atom. The van der Waals surface area contributed by atoms with Gasteiger partial charge in [0, 0.05) is 23.8 Å². The first-order valence-electron chi connectivity index (χ1n) is 8.71. The van der Waals surface area contributed by atoms with E-state index in [1.165, 1.54) is 16.8 Å². The SMILES string of the molecule is Clc1ccc(/C=C2\CCC(/C=N\n3cnnc3)=C2N2CCOCC2)cc1. The third-order valence-electron chi connectivity index (χ3n) is 4.56. The lowest BCUT2D eigenvalue weighted by Crippen LogP contribution is -2.36. The first-order valence-corrected chi connectivity index (χ1v) is 9.09. The number of allylic oxidation sites excluding steroid dienone is 2. The largest absolute Gasteiger partial charge is 0.378 e. The molecular formula is C19H20ClN5O. The molecule has 0 atom stereocenters. The highest BCUT2D eigenvalue weighted by Crippen LogP contribution is 2.35. The lowest BCUT2D eigenvalue weighted by atomic mass is 10.1. The Labute approximate surface area is 157 Å². The minimum absolute atomic E-state index is 0.754. The Hall–Kier alpha value is -2.44. The second-order valence-electron chi connectivity index (χ2n) is 6.28. The van der Waals surface area contributed by atoms with Crippen LogP contribution < -0.4 is 0 Å². The molecule has 1 aromatic heterocycles. The molecule has 26 heavy (non-hydrogen) atoms. The van der Waals surface area contributed by atoms with Crippen molar-refractivity contribution < 1.29 is 4.74 Å². The van der Waals surface area contributed by atoms with E-state index < -0.39 is 0 Å². The number of ether oxygens (including phenoxy) is 1. The van der Waals surface area contributed by atoms with Crippen molar-refractivity contribution >= 4 is 23.9 Å². The summed E-state index contributed by atoms with van der Waals surface area (Å²) in [4.78, 5) is 2.41. The topological polar surface area (TPSA) is 55.5 Å². The molecule has 1 fully saturated rings. The molecule has 0 unspecified atom stereocenters. The van der Waals surface area contributed by atoms with E-state index in [0.717, 1.165) is 49.7 Å². The molecule has 0 radical (unpaired) electrons. The van der Waals surface area contributed by atoms with Gasteiger partial charge < -0.3 is 9.64 Å². The van der Waals surface area contributed by atoms with Crippen LogP contribution in [0.5, 0.6) is 0 Å². The molecule has 1 aliphatic carbocycles. The fraction of sp³-hybridized carbons (Fsp3) is 0.316. The quantitative estimate of drug-likeness (QED) is 0.776. The summed E-state index contributed by atoms with van der Waals surface area (Å²) < 4.78 is 7.14. The molecule has 134 valence electrons. The number of benzene rings is 1. The number of halogens is 1. The van der Waals surface area contributed by atoms with Crippen LogP contribution in [-0.2, 0) is 4.74 Å². The molecule has 0 saturated carbocycles. The normalized spacial score (nSPS) is 19.9. The lowest BCUT2D eigenvalue weighted by Gasteiger charge is -2.31. The van der Waals surface area contributed by atoms with Gasteiger partial charge in [-0.25, -0.2) is 4.68 Å². The first-order chi connectivity index (χ1) is 12.8. The van der Waals surface area contributed by atoms with Crippen molar-refractivity contribution in [3.05, 3.63) is 64.3 Å². The maximum Gasteiger partial charge on any atom is 0.141 e. The van der Waals surface area contributed by atoms with Gasteiger partial charge in [-0.05, 0) is 47.8 Å². The van der Waals surface area contributed by atoms with Crippen LogP contribution >= 0.6 is 11.6 Å². The molecule has 0 N–H and O–H groups in total. The van der Waals surface area contributed by atoms with Gasteiger partial charge in [0.2, 0.25) is 0 Å². The first kappa shape index (κ1) is 17.0. The monoisotopic (exact) mass is 369 g/mol. The van der Waals surface area contributed by atoms with Gasteiger partial charge in [0.15, 0.2) is 0 Å². The van der Waals surface area contributed by atoms with Gasteiger partial charge in [0.1, 0.15) is 12.7 Å². The zero-order valence-electron chi connectivity index (χ0n) is 14.4. The number of morpholine rings is 1. The Morgan fingerprint density at radius 2 is 1.77 bits per heavy atom. The number of aromatic nitrogens is 3. The van der Waals surface area contributed by atoms with E-state index in [-0.39, 0.29) is 0 Å². The number of rotatable bonds is 4. The summed E-state index contributed by atoms with van der Waals surface area (Å²) in [5.74, 6) is 0. The van der Waals surface area contributed by atoms with Gasteiger partial charge in [0.05, 0.1) is 19.4 Å². The molecule has 1 aromatic carbocycles. The zero-order valence-corrected chi connectivity index (χ0v) is 15.1. The summed E-state index contributed by atoms with van der Waals surface area (Å²) >= 11 is 6.01. The van der Waals surface area contributed by atoms with Crippen molar-refractivity contribution in [3.8, 4) is 0 Å². The van der Waals surface area contributed by atoms with Crippen LogP contribution in [0.3, 0.4) is 0 Å². The predicted octanol–water partition coefficient (Wildman–Crippen LogP) is 3.23. The fourth-order valence-electron chi connectivity index (χ4n) is 3.32. The van der Waals surface area contributed by atoms with Crippen molar-refractivity contribution in [2.75, 3.05) is 26.3 Å². The summed E-state index contributed by atoms with van der Waals surface area (Å²) in [5.41, 5.74) is 5.01. The Bertz CT molecular complexity index is 833. The predicted molar refractivity (Wildman–Crippen MR) is 102 cm³/mol. The molecule has 2 aromatic rings. The van der Waals surface area contributed by atoms with Gasteiger partial charge in [0.25, 0.3) is 0 Å². The summed E-state index contributed by atoms with van der Waals surface area (Å²) in [5, 5.41) is 12.8. The summed E-state index contributed by atoms with van der Waals surface area (Å²) in [6, 6.07) is 7.95. The number of hydrogen-bond acceptors (Lipinski definition) is 5. The van der Waals surface area contributed by atoms with E-state index >= 15 is 0 Å².